The van der Waals surface area contributed by atoms with Gasteiger partial charge in [-0.25, -0.2) is 0 Å². The van der Waals surface area contributed by atoms with Gasteiger partial charge in [0.15, 0.2) is 0 Å². The van der Waals surface area contributed by atoms with Crippen molar-refractivity contribution in [2.45, 2.75) is 38.8 Å². The molecule has 1 unspecified atom stereocenters. The fraction of sp³-hybridized carbons (Fsp3) is 0.833. The highest BCUT2D eigenvalue weighted by molar-refractivity contribution is 5.85. The molecule has 5 heteroatoms. The summed E-state index contributed by atoms with van der Waals surface area (Å²) in [6.07, 6.45) is 0.190. The number of carbonyl (C=O) groups is 2. The third-order valence-corrected chi connectivity index (χ3v) is 2.95. The van der Waals surface area contributed by atoms with Gasteiger partial charge in [0.05, 0.1) is 6.42 Å². The van der Waals surface area contributed by atoms with Crippen LogP contribution < -0.4 is 0 Å². The first-order valence-corrected chi connectivity index (χ1v) is 5.94. The summed E-state index contributed by atoms with van der Waals surface area (Å²) in [5, 5.41) is 0. The number of likely N-dealkylation sites (N-methyl/N-ethyl adjacent to an activating group) is 1. The predicted molar refractivity (Wildman–Crippen MR) is 64.5 cm³/mol. The summed E-state index contributed by atoms with van der Waals surface area (Å²) in [7, 11) is 3.38. The van der Waals surface area contributed by atoms with Crippen LogP contribution in [0.5, 0.6) is 0 Å². The predicted octanol–water partition coefficient (Wildman–Crippen LogP) is 0.491. The quantitative estimate of drug-likeness (QED) is 0.676. The number of ether oxygens (including phenoxy) is 1. The van der Waals surface area contributed by atoms with E-state index in [4.69, 9.17) is 4.74 Å². The Balaban J connectivity index is 2.76. The van der Waals surface area contributed by atoms with Crippen LogP contribution in [0.1, 0.15) is 27.2 Å². The molecule has 1 rings (SSSR count). The third-order valence-electron chi connectivity index (χ3n) is 2.95. The van der Waals surface area contributed by atoms with Crippen LogP contribution in [-0.4, -0.2) is 60.5 Å². The first kappa shape index (κ1) is 14.0. The summed E-state index contributed by atoms with van der Waals surface area (Å²) in [4.78, 5) is 27.1. The molecule has 0 aromatic heterocycles. The number of carbonyl (C=O) groups excluding carboxylic acids is 2. The topological polar surface area (TPSA) is 49.9 Å². The SMILES string of the molecule is CCN1CC(C)(C)OC(=O)C1CC(=O)N(C)C. The molecule has 1 heterocycles. The van der Waals surface area contributed by atoms with E-state index in [1.54, 1.807) is 14.1 Å². The van der Waals surface area contributed by atoms with E-state index in [1.165, 1.54) is 4.90 Å². The molecule has 17 heavy (non-hydrogen) atoms. The number of rotatable bonds is 3. The molecule has 0 spiro atoms. The van der Waals surface area contributed by atoms with Crippen molar-refractivity contribution in [3.8, 4) is 0 Å². The lowest BCUT2D eigenvalue weighted by molar-refractivity contribution is -0.179. The molecule has 1 aliphatic heterocycles. The van der Waals surface area contributed by atoms with Crippen molar-refractivity contribution >= 4 is 11.9 Å². The number of nitrogens with zero attached hydrogens (tertiary/aromatic N) is 2. The minimum Gasteiger partial charge on any atom is -0.457 e. The average molecular weight is 242 g/mol. The van der Waals surface area contributed by atoms with Crippen molar-refractivity contribution in [3.63, 3.8) is 0 Å². The van der Waals surface area contributed by atoms with Gasteiger partial charge in [0, 0.05) is 20.6 Å². The zero-order chi connectivity index (χ0) is 13.2. The van der Waals surface area contributed by atoms with Gasteiger partial charge in [0.25, 0.3) is 0 Å². The molecular formula is C12H22N2O3. The van der Waals surface area contributed by atoms with Gasteiger partial charge in [-0.15, -0.1) is 0 Å². The Bertz CT molecular complexity index is 313. The number of cyclic esters (lactones) is 1. The number of hydrogen-bond acceptors (Lipinski definition) is 4. The number of esters is 1. The summed E-state index contributed by atoms with van der Waals surface area (Å²) >= 11 is 0. The number of hydrogen-bond donors (Lipinski definition) is 0. The molecule has 0 saturated carbocycles. The highest BCUT2D eigenvalue weighted by Gasteiger charge is 2.40. The maximum atomic E-state index is 11.9. The van der Waals surface area contributed by atoms with Crippen LogP contribution in [0.15, 0.2) is 0 Å². The van der Waals surface area contributed by atoms with Crippen LogP contribution in [0, 0.1) is 0 Å². The minimum atomic E-state index is -0.468. The lowest BCUT2D eigenvalue weighted by atomic mass is 10.0. The second kappa shape index (κ2) is 5.04. The molecule has 5 nitrogen and oxygen atoms in total. The van der Waals surface area contributed by atoms with Crippen LogP contribution in [0.25, 0.3) is 0 Å². The molecule has 1 saturated heterocycles. The summed E-state index contributed by atoms with van der Waals surface area (Å²) in [5.74, 6) is -0.344. The molecule has 0 N–H and O–H groups in total. The van der Waals surface area contributed by atoms with Gasteiger partial charge in [-0.2, -0.15) is 0 Å². The van der Waals surface area contributed by atoms with Gasteiger partial charge in [0.2, 0.25) is 5.91 Å². The highest BCUT2D eigenvalue weighted by atomic mass is 16.6. The molecule has 0 bridgehead atoms. The molecular weight excluding hydrogens is 220 g/mol. The van der Waals surface area contributed by atoms with Crippen LogP contribution in [0.3, 0.4) is 0 Å². The molecule has 0 aromatic carbocycles. The summed E-state index contributed by atoms with van der Waals surface area (Å²) in [5.41, 5.74) is -0.468. The maximum Gasteiger partial charge on any atom is 0.324 e. The van der Waals surface area contributed by atoms with Crippen LogP contribution in [-0.2, 0) is 14.3 Å². The van der Waals surface area contributed by atoms with E-state index in [0.717, 1.165) is 6.54 Å². The summed E-state index contributed by atoms with van der Waals surface area (Å²) < 4.78 is 5.35. The summed E-state index contributed by atoms with van der Waals surface area (Å²) in [6.45, 7) is 7.17. The largest absolute Gasteiger partial charge is 0.457 e. The monoisotopic (exact) mass is 242 g/mol. The van der Waals surface area contributed by atoms with E-state index in [0.29, 0.717) is 6.54 Å². The van der Waals surface area contributed by atoms with Gasteiger partial charge >= 0.3 is 5.97 Å². The van der Waals surface area contributed by atoms with Crippen LogP contribution in [0.4, 0.5) is 0 Å². The molecule has 1 atom stereocenters. The standard InChI is InChI=1S/C12H22N2O3/c1-6-14-8-12(2,3)17-11(16)9(14)7-10(15)13(4)5/h9H,6-8H2,1-5H3. The van der Waals surface area contributed by atoms with Gasteiger partial charge in [0.1, 0.15) is 11.6 Å². The number of morpholine rings is 1. The second-order valence-electron chi connectivity index (χ2n) is 5.25. The molecule has 1 fully saturated rings. The number of amides is 1. The zero-order valence-corrected chi connectivity index (χ0v) is 11.3. The minimum absolute atomic E-state index is 0.0508. The van der Waals surface area contributed by atoms with Crippen molar-refractivity contribution in [1.82, 2.24) is 9.80 Å². The molecule has 98 valence electrons. The first-order valence-electron chi connectivity index (χ1n) is 5.94. The van der Waals surface area contributed by atoms with Crippen LogP contribution in [0.2, 0.25) is 0 Å². The lowest BCUT2D eigenvalue weighted by Crippen LogP contribution is -2.57. The van der Waals surface area contributed by atoms with Crippen molar-refractivity contribution in [3.05, 3.63) is 0 Å². The van der Waals surface area contributed by atoms with Crippen molar-refractivity contribution < 1.29 is 14.3 Å². The molecule has 0 radical (unpaired) electrons. The van der Waals surface area contributed by atoms with E-state index in [-0.39, 0.29) is 18.3 Å². The van der Waals surface area contributed by atoms with Crippen molar-refractivity contribution in [2.75, 3.05) is 27.2 Å². The Morgan fingerprint density at radius 2 is 2.12 bits per heavy atom. The Morgan fingerprint density at radius 3 is 2.59 bits per heavy atom. The first-order chi connectivity index (χ1) is 7.76. The molecule has 0 aliphatic carbocycles. The maximum absolute atomic E-state index is 11.9. The molecule has 1 amide bonds. The van der Waals surface area contributed by atoms with E-state index in [9.17, 15) is 9.59 Å². The Labute approximate surface area is 103 Å². The van der Waals surface area contributed by atoms with E-state index < -0.39 is 11.6 Å². The molecule has 1 aliphatic rings. The van der Waals surface area contributed by atoms with E-state index >= 15 is 0 Å². The smallest absolute Gasteiger partial charge is 0.324 e. The fourth-order valence-corrected chi connectivity index (χ4v) is 2.01. The Hall–Kier alpha value is -1.10. The van der Waals surface area contributed by atoms with Crippen LogP contribution >= 0.6 is 0 Å². The van der Waals surface area contributed by atoms with Crippen molar-refractivity contribution in [1.29, 1.82) is 0 Å². The van der Waals surface area contributed by atoms with Gasteiger partial charge < -0.3 is 9.64 Å². The highest BCUT2D eigenvalue weighted by Crippen LogP contribution is 2.23. The van der Waals surface area contributed by atoms with Crippen molar-refractivity contribution in [2.24, 2.45) is 0 Å². The zero-order valence-electron chi connectivity index (χ0n) is 11.3. The average Bonchev–Trinajstić information content (AvgIpc) is 2.20. The lowest BCUT2D eigenvalue weighted by Gasteiger charge is -2.42. The third kappa shape index (κ3) is 3.43. The normalized spacial score (nSPS) is 24.3. The molecule has 0 aromatic rings. The van der Waals surface area contributed by atoms with Gasteiger partial charge in [-0.1, -0.05) is 6.92 Å². The van der Waals surface area contributed by atoms with Gasteiger partial charge in [-0.3, -0.25) is 14.5 Å². The van der Waals surface area contributed by atoms with E-state index in [2.05, 4.69) is 0 Å². The van der Waals surface area contributed by atoms with Gasteiger partial charge in [-0.05, 0) is 20.4 Å². The Morgan fingerprint density at radius 1 is 1.53 bits per heavy atom. The fourth-order valence-electron chi connectivity index (χ4n) is 2.01. The second-order valence-corrected chi connectivity index (χ2v) is 5.25. The Kier molecular flexibility index (Phi) is 4.14. The summed E-state index contributed by atoms with van der Waals surface area (Å²) in [6, 6.07) is -0.442. The van der Waals surface area contributed by atoms with E-state index in [1.807, 2.05) is 25.7 Å².